The number of nitriles is 1. The number of benzene rings is 2. The molecule has 126 valence electrons. The Morgan fingerprint density at radius 3 is 2.40 bits per heavy atom. The first kappa shape index (κ1) is 17.7. The van der Waals surface area contributed by atoms with Gasteiger partial charge in [-0.3, -0.25) is 14.9 Å². The molecule has 2 aromatic rings. The summed E-state index contributed by atoms with van der Waals surface area (Å²) in [7, 11) is 0. The predicted molar refractivity (Wildman–Crippen MR) is 93.4 cm³/mol. The van der Waals surface area contributed by atoms with Crippen LogP contribution in [0.25, 0.3) is 0 Å². The second kappa shape index (κ2) is 8.26. The number of anilines is 1. The van der Waals surface area contributed by atoms with Gasteiger partial charge in [0.1, 0.15) is 11.6 Å². The van der Waals surface area contributed by atoms with Crippen molar-refractivity contribution in [3.8, 4) is 6.07 Å². The van der Waals surface area contributed by atoms with Gasteiger partial charge in [-0.15, -0.1) is 0 Å². The van der Waals surface area contributed by atoms with Crippen LogP contribution in [-0.4, -0.2) is 10.8 Å². The highest BCUT2D eigenvalue weighted by Gasteiger charge is 2.11. The highest BCUT2D eigenvalue weighted by atomic mass is 16.6. The first-order chi connectivity index (χ1) is 12.0. The van der Waals surface area contributed by atoms with Crippen molar-refractivity contribution in [3.63, 3.8) is 0 Å². The van der Waals surface area contributed by atoms with Crippen molar-refractivity contribution in [3.05, 3.63) is 82.0 Å². The molecule has 0 aliphatic carbocycles. The van der Waals surface area contributed by atoms with E-state index in [0.29, 0.717) is 5.69 Å². The first-order valence-electron chi connectivity index (χ1n) is 7.48. The van der Waals surface area contributed by atoms with E-state index in [1.807, 2.05) is 43.3 Å². The highest BCUT2D eigenvalue weighted by Crippen LogP contribution is 2.16. The minimum atomic E-state index is -0.593. The molecule has 2 rings (SSSR count). The summed E-state index contributed by atoms with van der Waals surface area (Å²) >= 11 is 0. The van der Waals surface area contributed by atoms with Gasteiger partial charge >= 0.3 is 0 Å². The Morgan fingerprint density at radius 2 is 1.84 bits per heavy atom. The van der Waals surface area contributed by atoms with E-state index < -0.39 is 10.8 Å². The number of rotatable bonds is 6. The number of nitro benzene ring substituents is 1. The van der Waals surface area contributed by atoms with E-state index >= 15 is 0 Å². The second-order valence-electron chi connectivity index (χ2n) is 5.23. The maximum Gasteiger partial charge on any atom is 0.269 e. The standard InChI is InChI=1S/C18H16N4O3/c1-13(14-5-3-2-4-6-14)20-12-15(11-19)18(23)21-16-7-9-17(10-8-16)22(24)25/h2-10,12-13,20H,1H3,(H,21,23)/b15-12-. The summed E-state index contributed by atoms with van der Waals surface area (Å²) in [5, 5.41) is 25.3. The second-order valence-corrected chi connectivity index (χ2v) is 5.23. The van der Waals surface area contributed by atoms with E-state index in [-0.39, 0.29) is 17.3 Å². The maximum absolute atomic E-state index is 12.1. The third-order valence-electron chi connectivity index (χ3n) is 3.48. The summed E-state index contributed by atoms with van der Waals surface area (Å²) in [4.78, 5) is 22.2. The number of hydrogen-bond acceptors (Lipinski definition) is 5. The molecular formula is C18H16N4O3. The zero-order chi connectivity index (χ0) is 18.2. The fraction of sp³-hybridized carbons (Fsp3) is 0.111. The zero-order valence-corrected chi connectivity index (χ0v) is 13.5. The number of nitro groups is 1. The van der Waals surface area contributed by atoms with Crippen LogP contribution in [0.2, 0.25) is 0 Å². The zero-order valence-electron chi connectivity index (χ0n) is 13.5. The van der Waals surface area contributed by atoms with Crippen LogP contribution in [0.4, 0.5) is 11.4 Å². The van der Waals surface area contributed by atoms with E-state index in [4.69, 9.17) is 5.26 Å². The molecule has 0 saturated heterocycles. The van der Waals surface area contributed by atoms with E-state index in [1.165, 1.54) is 30.5 Å². The monoisotopic (exact) mass is 336 g/mol. The van der Waals surface area contributed by atoms with Gasteiger partial charge in [-0.05, 0) is 24.6 Å². The molecule has 0 spiro atoms. The van der Waals surface area contributed by atoms with Crippen LogP contribution in [0, 0.1) is 21.4 Å². The van der Waals surface area contributed by atoms with Gasteiger partial charge < -0.3 is 10.6 Å². The third kappa shape index (κ3) is 4.91. The highest BCUT2D eigenvalue weighted by molar-refractivity contribution is 6.06. The lowest BCUT2D eigenvalue weighted by atomic mass is 10.1. The van der Waals surface area contributed by atoms with Gasteiger partial charge in [-0.2, -0.15) is 5.26 Å². The Labute approximate surface area is 144 Å². The van der Waals surface area contributed by atoms with E-state index in [2.05, 4.69) is 10.6 Å². The Balaban J connectivity index is 2.02. The topological polar surface area (TPSA) is 108 Å². The predicted octanol–water partition coefficient (Wildman–Crippen LogP) is 3.29. The summed E-state index contributed by atoms with van der Waals surface area (Å²) in [5.41, 5.74) is 1.22. The third-order valence-corrected chi connectivity index (χ3v) is 3.48. The van der Waals surface area contributed by atoms with Crippen LogP contribution >= 0.6 is 0 Å². The van der Waals surface area contributed by atoms with Crippen LogP contribution in [-0.2, 0) is 4.79 Å². The van der Waals surface area contributed by atoms with Crippen LogP contribution in [0.1, 0.15) is 18.5 Å². The van der Waals surface area contributed by atoms with Crippen molar-refractivity contribution >= 4 is 17.3 Å². The molecule has 1 amide bonds. The molecule has 0 heterocycles. The average Bonchev–Trinajstić information content (AvgIpc) is 2.63. The molecule has 1 atom stereocenters. The van der Waals surface area contributed by atoms with Crippen molar-refractivity contribution in [2.75, 3.05) is 5.32 Å². The SMILES string of the molecule is CC(N/C=C(/C#N)C(=O)Nc1ccc([N+](=O)[O-])cc1)c1ccccc1. The van der Waals surface area contributed by atoms with Gasteiger partial charge in [0.05, 0.1) is 4.92 Å². The number of hydrogen-bond donors (Lipinski definition) is 2. The summed E-state index contributed by atoms with van der Waals surface area (Å²) in [6.45, 7) is 1.91. The molecule has 25 heavy (non-hydrogen) atoms. The molecule has 2 aromatic carbocycles. The lowest BCUT2D eigenvalue weighted by Crippen LogP contribution is -2.18. The van der Waals surface area contributed by atoms with Crippen molar-refractivity contribution in [2.45, 2.75) is 13.0 Å². The summed E-state index contributed by atoms with van der Waals surface area (Å²) in [5.74, 6) is -0.593. The molecule has 0 aliphatic rings. The Hall–Kier alpha value is -3.66. The van der Waals surface area contributed by atoms with Gasteiger partial charge in [0.2, 0.25) is 0 Å². The fourth-order valence-corrected chi connectivity index (χ4v) is 2.06. The van der Waals surface area contributed by atoms with E-state index in [0.717, 1.165) is 5.56 Å². The molecule has 7 nitrogen and oxygen atoms in total. The van der Waals surface area contributed by atoms with Crippen LogP contribution in [0.3, 0.4) is 0 Å². The molecule has 7 heteroatoms. The van der Waals surface area contributed by atoms with Crippen LogP contribution in [0.15, 0.2) is 66.4 Å². The number of non-ortho nitro benzene ring substituents is 1. The minimum Gasteiger partial charge on any atom is -0.383 e. The molecule has 1 unspecified atom stereocenters. The first-order valence-corrected chi connectivity index (χ1v) is 7.48. The van der Waals surface area contributed by atoms with Crippen molar-refractivity contribution < 1.29 is 9.72 Å². The van der Waals surface area contributed by atoms with Gasteiger partial charge in [-0.1, -0.05) is 30.3 Å². The number of nitrogens with zero attached hydrogens (tertiary/aromatic N) is 2. The Kier molecular flexibility index (Phi) is 5.85. The number of carbonyl (C=O) groups excluding carboxylic acids is 1. The maximum atomic E-state index is 12.1. The van der Waals surface area contributed by atoms with Crippen molar-refractivity contribution in [2.24, 2.45) is 0 Å². The minimum absolute atomic E-state index is 0.0725. The lowest BCUT2D eigenvalue weighted by molar-refractivity contribution is -0.384. The molecule has 0 bridgehead atoms. The molecule has 2 N–H and O–H groups in total. The van der Waals surface area contributed by atoms with Gasteiger partial charge in [0.15, 0.2) is 0 Å². The smallest absolute Gasteiger partial charge is 0.269 e. The molecule has 0 aliphatic heterocycles. The Morgan fingerprint density at radius 1 is 1.20 bits per heavy atom. The van der Waals surface area contributed by atoms with Crippen LogP contribution in [0.5, 0.6) is 0 Å². The van der Waals surface area contributed by atoms with Crippen LogP contribution < -0.4 is 10.6 Å². The van der Waals surface area contributed by atoms with E-state index in [1.54, 1.807) is 0 Å². The van der Waals surface area contributed by atoms with Crippen molar-refractivity contribution in [1.29, 1.82) is 5.26 Å². The molecular weight excluding hydrogens is 320 g/mol. The molecule has 0 aromatic heterocycles. The number of amides is 1. The number of nitrogens with one attached hydrogen (secondary N) is 2. The largest absolute Gasteiger partial charge is 0.383 e. The quantitative estimate of drug-likeness (QED) is 0.364. The Bertz CT molecular complexity index is 824. The van der Waals surface area contributed by atoms with Crippen molar-refractivity contribution in [1.82, 2.24) is 5.32 Å². The fourth-order valence-electron chi connectivity index (χ4n) is 2.06. The van der Waals surface area contributed by atoms with E-state index in [9.17, 15) is 14.9 Å². The lowest BCUT2D eigenvalue weighted by Gasteiger charge is -2.12. The summed E-state index contributed by atoms with van der Waals surface area (Å²) < 4.78 is 0. The summed E-state index contributed by atoms with van der Waals surface area (Å²) in [6, 6.07) is 16.7. The normalized spacial score (nSPS) is 11.9. The molecule has 0 radical (unpaired) electrons. The molecule has 0 saturated carbocycles. The van der Waals surface area contributed by atoms with Gasteiger partial charge in [-0.25, -0.2) is 0 Å². The number of carbonyl (C=O) groups is 1. The summed E-state index contributed by atoms with van der Waals surface area (Å²) in [6.07, 6.45) is 1.36. The average molecular weight is 336 g/mol. The molecule has 0 fully saturated rings. The van der Waals surface area contributed by atoms with Gasteiger partial charge in [0, 0.05) is 30.1 Å². The van der Waals surface area contributed by atoms with Gasteiger partial charge in [0.25, 0.3) is 11.6 Å².